The molecule has 1 aromatic rings. The van der Waals surface area contributed by atoms with Crippen LogP contribution in [0, 0.1) is 0 Å². The summed E-state index contributed by atoms with van der Waals surface area (Å²) in [6.07, 6.45) is 4.52. The van der Waals surface area contributed by atoms with Crippen LogP contribution < -0.4 is 10.1 Å². The fraction of sp³-hybridized carbons (Fsp3) is 0.652. The summed E-state index contributed by atoms with van der Waals surface area (Å²) in [5.41, 5.74) is 0.655. The monoisotopic (exact) mass is 417 g/mol. The van der Waals surface area contributed by atoms with E-state index < -0.39 is 0 Å². The average molecular weight is 418 g/mol. The first-order chi connectivity index (χ1) is 14.6. The van der Waals surface area contributed by atoms with Crippen LogP contribution in [0.1, 0.15) is 49.4 Å². The zero-order chi connectivity index (χ0) is 21.3. The zero-order valence-electron chi connectivity index (χ0n) is 18.3. The van der Waals surface area contributed by atoms with Gasteiger partial charge in [-0.2, -0.15) is 0 Å². The van der Waals surface area contributed by atoms with E-state index in [1.54, 1.807) is 7.11 Å². The highest BCUT2D eigenvalue weighted by Crippen LogP contribution is 2.20. The van der Waals surface area contributed by atoms with Gasteiger partial charge in [0.2, 0.25) is 5.91 Å². The fourth-order valence-corrected chi connectivity index (χ4v) is 4.30. The minimum Gasteiger partial charge on any atom is -0.490 e. The van der Waals surface area contributed by atoms with Crippen molar-refractivity contribution in [2.24, 2.45) is 0 Å². The van der Waals surface area contributed by atoms with Gasteiger partial charge in [-0.05, 0) is 50.2 Å². The summed E-state index contributed by atoms with van der Waals surface area (Å²) >= 11 is 0. The second-order valence-electron chi connectivity index (χ2n) is 8.10. The first-order valence-corrected chi connectivity index (χ1v) is 11.2. The van der Waals surface area contributed by atoms with E-state index in [1.807, 2.05) is 29.2 Å². The number of amides is 2. The van der Waals surface area contributed by atoms with Crippen molar-refractivity contribution in [3.05, 3.63) is 29.8 Å². The third kappa shape index (κ3) is 6.19. The molecule has 0 radical (unpaired) electrons. The summed E-state index contributed by atoms with van der Waals surface area (Å²) in [5, 5.41) is 3.07. The SMILES string of the molecule is CCN1CCC[C@@H]1CNC(=O)c1ccc(OC2CCN(C(=O)CCOC)CC2)cc1. The predicted octanol–water partition coefficient (Wildman–Crippen LogP) is 2.31. The number of benzene rings is 1. The van der Waals surface area contributed by atoms with Crippen LogP contribution >= 0.6 is 0 Å². The van der Waals surface area contributed by atoms with Crippen molar-refractivity contribution in [2.75, 3.05) is 46.4 Å². The molecule has 1 atom stereocenters. The maximum atomic E-state index is 12.5. The van der Waals surface area contributed by atoms with Crippen molar-refractivity contribution >= 4 is 11.8 Å². The minimum atomic E-state index is -0.0348. The van der Waals surface area contributed by atoms with Crippen molar-refractivity contribution in [3.63, 3.8) is 0 Å². The quantitative estimate of drug-likeness (QED) is 0.668. The van der Waals surface area contributed by atoms with Gasteiger partial charge in [-0.15, -0.1) is 0 Å². The van der Waals surface area contributed by atoms with Gasteiger partial charge in [-0.1, -0.05) is 6.92 Å². The number of ether oxygens (including phenoxy) is 2. The van der Waals surface area contributed by atoms with Gasteiger partial charge in [0.25, 0.3) is 5.91 Å². The Labute approximate surface area is 179 Å². The largest absolute Gasteiger partial charge is 0.490 e. The van der Waals surface area contributed by atoms with Gasteiger partial charge in [0.1, 0.15) is 11.9 Å². The molecule has 0 bridgehead atoms. The Kier molecular flexibility index (Phi) is 8.51. The normalized spacial score (nSPS) is 20.3. The number of likely N-dealkylation sites (tertiary alicyclic amines) is 2. The number of methoxy groups -OCH3 is 1. The summed E-state index contributed by atoms with van der Waals surface area (Å²) in [6, 6.07) is 7.81. The molecule has 2 heterocycles. The molecule has 0 aromatic heterocycles. The average Bonchev–Trinajstić information content (AvgIpc) is 3.24. The van der Waals surface area contributed by atoms with E-state index in [9.17, 15) is 9.59 Å². The van der Waals surface area contributed by atoms with E-state index in [1.165, 1.54) is 6.42 Å². The molecule has 2 amide bonds. The smallest absolute Gasteiger partial charge is 0.251 e. The second-order valence-corrected chi connectivity index (χ2v) is 8.10. The highest BCUT2D eigenvalue weighted by atomic mass is 16.5. The van der Waals surface area contributed by atoms with Gasteiger partial charge in [-0.25, -0.2) is 0 Å². The van der Waals surface area contributed by atoms with E-state index in [-0.39, 0.29) is 17.9 Å². The van der Waals surface area contributed by atoms with Crippen LogP contribution in [0.15, 0.2) is 24.3 Å². The van der Waals surface area contributed by atoms with Crippen molar-refractivity contribution in [1.29, 1.82) is 0 Å². The van der Waals surface area contributed by atoms with Crippen molar-refractivity contribution < 1.29 is 19.1 Å². The summed E-state index contributed by atoms with van der Waals surface area (Å²) in [4.78, 5) is 28.8. The highest BCUT2D eigenvalue weighted by molar-refractivity contribution is 5.94. The van der Waals surface area contributed by atoms with Crippen LogP contribution in [-0.2, 0) is 9.53 Å². The Hall–Kier alpha value is -2.12. The number of hydrogen-bond acceptors (Lipinski definition) is 5. The Bertz CT molecular complexity index is 686. The topological polar surface area (TPSA) is 71.1 Å². The third-order valence-corrected chi connectivity index (χ3v) is 6.14. The molecule has 2 aliphatic rings. The number of nitrogens with zero attached hydrogens (tertiary/aromatic N) is 2. The number of nitrogens with one attached hydrogen (secondary N) is 1. The van der Waals surface area contributed by atoms with Crippen LogP contribution in [0.2, 0.25) is 0 Å². The summed E-state index contributed by atoms with van der Waals surface area (Å²) in [6.45, 7) is 6.92. The van der Waals surface area contributed by atoms with Gasteiger partial charge in [0.15, 0.2) is 0 Å². The van der Waals surface area contributed by atoms with Crippen LogP contribution in [0.5, 0.6) is 5.75 Å². The lowest BCUT2D eigenvalue weighted by Crippen LogP contribution is -2.42. The Morgan fingerprint density at radius 2 is 1.83 bits per heavy atom. The molecule has 2 fully saturated rings. The van der Waals surface area contributed by atoms with E-state index in [0.717, 1.165) is 38.1 Å². The van der Waals surface area contributed by atoms with E-state index >= 15 is 0 Å². The molecule has 1 aromatic carbocycles. The molecule has 1 N–H and O–H groups in total. The molecular formula is C23H35N3O4. The molecule has 166 valence electrons. The van der Waals surface area contributed by atoms with Crippen LogP contribution in [0.4, 0.5) is 0 Å². The molecule has 2 aliphatic heterocycles. The molecule has 7 heteroatoms. The van der Waals surface area contributed by atoms with Gasteiger partial charge in [-0.3, -0.25) is 14.5 Å². The maximum Gasteiger partial charge on any atom is 0.251 e. The number of hydrogen-bond donors (Lipinski definition) is 1. The fourth-order valence-electron chi connectivity index (χ4n) is 4.30. The summed E-state index contributed by atoms with van der Waals surface area (Å²) in [7, 11) is 1.61. The first kappa shape index (κ1) is 22.6. The third-order valence-electron chi connectivity index (χ3n) is 6.14. The van der Waals surface area contributed by atoms with Crippen LogP contribution in [-0.4, -0.2) is 80.2 Å². The number of rotatable bonds is 9. The second kappa shape index (κ2) is 11.3. The molecule has 30 heavy (non-hydrogen) atoms. The van der Waals surface area contributed by atoms with Gasteiger partial charge in [0.05, 0.1) is 13.0 Å². The zero-order valence-corrected chi connectivity index (χ0v) is 18.3. The maximum absolute atomic E-state index is 12.5. The Balaban J connectivity index is 1.41. The first-order valence-electron chi connectivity index (χ1n) is 11.2. The van der Waals surface area contributed by atoms with E-state index in [2.05, 4.69) is 17.1 Å². The summed E-state index contributed by atoms with van der Waals surface area (Å²) < 4.78 is 11.0. The van der Waals surface area contributed by atoms with Crippen LogP contribution in [0.25, 0.3) is 0 Å². The lowest BCUT2D eigenvalue weighted by Gasteiger charge is -2.32. The van der Waals surface area contributed by atoms with Crippen molar-refractivity contribution in [3.8, 4) is 5.75 Å². The molecule has 7 nitrogen and oxygen atoms in total. The molecular weight excluding hydrogens is 382 g/mol. The lowest BCUT2D eigenvalue weighted by atomic mass is 10.1. The van der Waals surface area contributed by atoms with Crippen LogP contribution in [0.3, 0.4) is 0 Å². The van der Waals surface area contributed by atoms with Gasteiger partial charge in [0, 0.05) is 51.2 Å². The molecule has 2 saturated heterocycles. The van der Waals surface area contributed by atoms with Crippen molar-refractivity contribution in [1.82, 2.24) is 15.1 Å². The molecule has 3 rings (SSSR count). The van der Waals surface area contributed by atoms with Crippen molar-refractivity contribution in [2.45, 2.75) is 51.2 Å². The molecule has 0 spiro atoms. The number of piperidine rings is 1. The lowest BCUT2D eigenvalue weighted by molar-refractivity contribution is -0.133. The minimum absolute atomic E-state index is 0.0348. The Morgan fingerprint density at radius 3 is 2.50 bits per heavy atom. The number of carbonyl (C=O) groups is 2. The Morgan fingerprint density at radius 1 is 1.10 bits per heavy atom. The highest BCUT2D eigenvalue weighted by Gasteiger charge is 2.24. The molecule has 0 unspecified atom stereocenters. The number of carbonyl (C=O) groups excluding carboxylic acids is 2. The van der Waals surface area contributed by atoms with E-state index in [4.69, 9.17) is 9.47 Å². The van der Waals surface area contributed by atoms with E-state index in [0.29, 0.717) is 44.3 Å². The summed E-state index contributed by atoms with van der Waals surface area (Å²) in [5.74, 6) is 0.876. The van der Waals surface area contributed by atoms with Gasteiger partial charge >= 0.3 is 0 Å². The number of likely N-dealkylation sites (N-methyl/N-ethyl adjacent to an activating group) is 1. The molecule has 0 aliphatic carbocycles. The van der Waals surface area contributed by atoms with Gasteiger partial charge < -0.3 is 19.7 Å². The predicted molar refractivity (Wildman–Crippen MR) is 116 cm³/mol. The molecule has 0 saturated carbocycles. The standard InChI is InChI=1S/C23H35N3O4/c1-3-25-13-4-5-19(25)17-24-23(28)18-6-8-20(9-7-18)30-21-10-14-26(15-11-21)22(27)12-16-29-2/h6-9,19,21H,3-5,10-17H2,1-2H3,(H,24,28)/t19-/m1/s1.